The molecule has 0 bridgehead atoms. The Morgan fingerprint density at radius 3 is 2.27 bits per heavy atom. The molecule has 8 heteroatoms. The fourth-order valence-corrected chi connectivity index (χ4v) is 5.41. The summed E-state index contributed by atoms with van der Waals surface area (Å²) < 4.78 is 28.0. The second-order valence-electron chi connectivity index (χ2n) is 7.49. The Hall–Kier alpha value is -2.45. The highest BCUT2D eigenvalue weighted by molar-refractivity contribution is 7.89. The maximum absolute atomic E-state index is 12.8. The van der Waals surface area contributed by atoms with Crippen molar-refractivity contribution in [3.05, 3.63) is 64.6 Å². The molecule has 0 unspecified atom stereocenters. The van der Waals surface area contributed by atoms with Crippen LogP contribution in [0.2, 0.25) is 0 Å². The Balaban J connectivity index is 1.69. The van der Waals surface area contributed by atoms with Crippen molar-refractivity contribution in [1.82, 2.24) is 13.8 Å². The minimum Gasteiger partial charge on any atom is -0.341 e. The molecular weight excluding hydrogens is 402 g/mol. The first kappa shape index (κ1) is 22.2. The van der Waals surface area contributed by atoms with Crippen molar-refractivity contribution in [2.45, 2.75) is 44.0 Å². The smallest absolute Gasteiger partial charge is 0.251 e. The minimum absolute atomic E-state index is 0.0291. The standard InChI is InChI=1S/C22H29N3O4S/c1-3-25(4-2)30(28,29)20-10-11-21(26)24(16-20)17-22(27)23-14-12-19(13-15-23)18-8-6-5-7-9-18/h5-11,16,19H,3-4,12-15,17H2,1-2H3. The molecule has 0 N–H and O–H groups in total. The fraction of sp³-hybridized carbons (Fsp3) is 0.455. The number of aromatic nitrogens is 1. The minimum atomic E-state index is -3.69. The third kappa shape index (κ3) is 4.82. The molecule has 1 aliphatic rings. The Kier molecular flexibility index (Phi) is 7.10. The van der Waals surface area contributed by atoms with Crippen molar-refractivity contribution in [1.29, 1.82) is 0 Å². The van der Waals surface area contributed by atoms with E-state index in [0.29, 0.717) is 32.1 Å². The molecule has 1 fully saturated rings. The van der Waals surface area contributed by atoms with Crippen LogP contribution in [0.5, 0.6) is 0 Å². The predicted molar refractivity (Wildman–Crippen MR) is 116 cm³/mol. The summed E-state index contributed by atoms with van der Waals surface area (Å²) in [6, 6.07) is 12.8. The van der Waals surface area contributed by atoms with E-state index in [-0.39, 0.29) is 22.9 Å². The molecule has 0 spiro atoms. The number of sulfonamides is 1. The van der Waals surface area contributed by atoms with E-state index < -0.39 is 10.0 Å². The van der Waals surface area contributed by atoms with Gasteiger partial charge in [-0.25, -0.2) is 8.42 Å². The molecule has 0 aliphatic carbocycles. The van der Waals surface area contributed by atoms with Crippen LogP contribution < -0.4 is 5.56 Å². The Morgan fingerprint density at radius 1 is 1.03 bits per heavy atom. The molecule has 1 aromatic carbocycles. The monoisotopic (exact) mass is 431 g/mol. The number of hydrogen-bond acceptors (Lipinski definition) is 4. The number of carbonyl (C=O) groups excluding carboxylic acids is 1. The molecule has 7 nitrogen and oxygen atoms in total. The van der Waals surface area contributed by atoms with Gasteiger partial charge in [0.25, 0.3) is 5.56 Å². The molecule has 30 heavy (non-hydrogen) atoms. The summed E-state index contributed by atoms with van der Waals surface area (Å²) in [6.45, 7) is 5.31. The molecule has 0 radical (unpaired) electrons. The first-order chi connectivity index (χ1) is 14.4. The van der Waals surface area contributed by atoms with E-state index in [1.165, 1.54) is 32.8 Å². The Labute approximate surface area is 178 Å². The van der Waals surface area contributed by atoms with Crippen LogP contribution in [0.4, 0.5) is 0 Å². The van der Waals surface area contributed by atoms with Gasteiger partial charge in [0.15, 0.2) is 0 Å². The van der Waals surface area contributed by atoms with Crippen LogP contribution in [0.3, 0.4) is 0 Å². The van der Waals surface area contributed by atoms with Crippen LogP contribution in [-0.4, -0.2) is 54.3 Å². The van der Waals surface area contributed by atoms with Crippen LogP contribution in [-0.2, 0) is 21.4 Å². The quantitative estimate of drug-likeness (QED) is 0.674. The molecular formula is C22H29N3O4S. The highest BCUT2D eigenvalue weighted by atomic mass is 32.2. The number of hydrogen-bond donors (Lipinski definition) is 0. The molecule has 162 valence electrons. The van der Waals surface area contributed by atoms with E-state index in [2.05, 4.69) is 12.1 Å². The largest absolute Gasteiger partial charge is 0.341 e. The summed E-state index contributed by atoms with van der Waals surface area (Å²) in [7, 11) is -3.69. The lowest BCUT2D eigenvalue weighted by Crippen LogP contribution is -2.41. The number of rotatable bonds is 7. The molecule has 0 atom stereocenters. The summed E-state index contributed by atoms with van der Waals surface area (Å²) in [5.74, 6) is 0.265. The average molecular weight is 432 g/mol. The number of benzene rings is 1. The SMILES string of the molecule is CCN(CC)S(=O)(=O)c1ccc(=O)n(CC(=O)N2CCC(c3ccccc3)CC2)c1. The molecule has 2 heterocycles. The Bertz CT molecular complexity index is 1020. The summed E-state index contributed by atoms with van der Waals surface area (Å²) in [5.41, 5.74) is 0.899. The summed E-state index contributed by atoms with van der Waals surface area (Å²) in [5, 5.41) is 0. The molecule has 1 aliphatic heterocycles. The van der Waals surface area contributed by atoms with Gasteiger partial charge in [0, 0.05) is 38.4 Å². The van der Waals surface area contributed by atoms with E-state index >= 15 is 0 Å². The molecule has 1 aromatic heterocycles. The highest BCUT2D eigenvalue weighted by Gasteiger charge is 2.25. The summed E-state index contributed by atoms with van der Waals surface area (Å²) >= 11 is 0. The lowest BCUT2D eigenvalue weighted by atomic mass is 9.89. The van der Waals surface area contributed by atoms with Crippen molar-refractivity contribution in [3.63, 3.8) is 0 Å². The van der Waals surface area contributed by atoms with Crippen molar-refractivity contribution in [2.75, 3.05) is 26.2 Å². The van der Waals surface area contributed by atoms with E-state index in [9.17, 15) is 18.0 Å². The number of pyridine rings is 1. The summed E-state index contributed by atoms with van der Waals surface area (Å²) in [6.07, 6.45) is 3.03. The maximum Gasteiger partial charge on any atom is 0.251 e. The van der Waals surface area contributed by atoms with E-state index in [1.54, 1.807) is 18.7 Å². The molecule has 3 rings (SSSR count). The van der Waals surface area contributed by atoms with Gasteiger partial charge < -0.3 is 9.47 Å². The topological polar surface area (TPSA) is 79.7 Å². The van der Waals surface area contributed by atoms with Gasteiger partial charge in [-0.2, -0.15) is 4.31 Å². The Morgan fingerprint density at radius 2 is 1.67 bits per heavy atom. The second kappa shape index (κ2) is 9.57. The number of likely N-dealkylation sites (tertiary alicyclic amines) is 1. The lowest BCUT2D eigenvalue weighted by Gasteiger charge is -2.32. The van der Waals surface area contributed by atoms with Crippen LogP contribution in [0.1, 0.15) is 38.2 Å². The van der Waals surface area contributed by atoms with Gasteiger partial charge in [-0.05, 0) is 30.4 Å². The first-order valence-corrected chi connectivity index (χ1v) is 11.8. The van der Waals surface area contributed by atoms with E-state index in [4.69, 9.17) is 0 Å². The van der Waals surface area contributed by atoms with Crippen LogP contribution in [0.15, 0.2) is 58.4 Å². The van der Waals surface area contributed by atoms with Gasteiger partial charge in [-0.1, -0.05) is 44.2 Å². The summed E-state index contributed by atoms with van der Waals surface area (Å²) in [4.78, 5) is 26.8. The van der Waals surface area contributed by atoms with E-state index in [1.807, 2.05) is 18.2 Å². The number of amides is 1. The number of carbonyl (C=O) groups is 1. The first-order valence-electron chi connectivity index (χ1n) is 10.4. The molecule has 1 amide bonds. The van der Waals surface area contributed by atoms with Crippen molar-refractivity contribution >= 4 is 15.9 Å². The number of piperidine rings is 1. The lowest BCUT2D eigenvalue weighted by molar-refractivity contribution is -0.132. The van der Waals surface area contributed by atoms with Gasteiger partial charge in [-0.15, -0.1) is 0 Å². The maximum atomic E-state index is 12.8. The molecule has 1 saturated heterocycles. The van der Waals surface area contributed by atoms with Gasteiger partial charge in [0.1, 0.15) is 6.54 Å². The number of nitrogens with zero attached hydrogens (tertiary/aromatic N) is 3. The van der Waals surface area contributed by atoms with Gasteiger partial charge in [-0.3, -0.25) is 9.59 Å². The van der Waals surface area contributed by atoms with E-state index in [0.717, 1.165) is 12.8 Å². The van der Waals surface area contributed by atoms with Gasteiger partial charge in [0.2, 0.25) is 15.9 Å². The zero-order valence-corrected chi connectivity index (χ0v) is 18.3. The highest BCUT2D eigenvalue weighted by Crippen LogP contribution is 2.27. The third-order valence-corrected chi connectivity index (χ3v) is 7.76. The average Bonchev–Trinajstić information content (AvgIpc) is 2.76. The van der Waals surface area contributed by atoms with Crippen LogP contribution >= 0.6 is 0 Å². The predicted octanol–water partition coefficient (Wildman–Crippen LogP) is 2.29. The van der Waals surface area contributed by atoms with Crippen molar-refractivity contribution in [3.8, 4) is 0 Å². The van der Waals surface area contributed by atoms with Crippen LogP contribution in [0, 0.1) is 0 Å². The molecule has 0 saturated carbocycles. The van der Waals surface area contributed by atoms with Gasteiger partial charge in [0.05, 0.1) is 4.90 Å². The van der Waals surface area contributed by atoms with Crippen molar-refractivity contribution < 1.29 is 13.2 Å². The fourth-order valence-electron chi connectivity index (χ4n) is 3.93. The zero-order chi connectivity index (χ0) is 21.7. The van der Waals surface area contributed by atoms with Crippen molar-refractivity contribution in [2.24, 2.45) is 0 Å². The third-order valence-electron chi connectivity index (χ3n) is 5.72. The second-order valence-corrected chi connectivity index (χ2v) is 9.42. The van der Waals surface area contributed by atoms with Gasteiger partial charge >= 0.3 is 0 Å². The zero-order valence-electron chi connectivity index (χ0n) is 17.5. The normalized spacial score (nSPS) is 15.5. The van der Waals surface area contributed by atoms with Crippen LogP contribution in [0.25, 0.3) is 0 Å². The molecule has 2 aromatic rings.